The molecule has 0 bridgehead atoms. The molecule has 2 aromatic rings. The average molecular weight is 367 g/mol. The summed E-state index contributed by atoms with van der Waals surface area (Å²) in [6, 6.07) is 11.7. The van der Waals surface area contributed by atoms with Crippen LogP contribution in [0.15, 0.2) is 42.5 Å². The predicted octanol–water partition coefficient (Wildman–Crippen LogP) is 3.99. The molecule has 0 aliphatic rings. The lowest BCUT2D eigenvalue weighted by atomic mass is 10.2. The molecule has 2 rings (SSSR count). The number of rotatable bonds is 5. The first-order chi connectivity index (χ1) is 11.4. The molecular formula is C17H16Cl2N2O3. The van der Waals surface area contributed by atoms with Gasteiger partial charge in [0.1, 0.15) is 12.3 Å². The van der Waals surface area contributed by atoms with Gasteiger partial charge in [-0.15, -0.1) is 0 Å². The van der Waals surface area contributed by atoms with Crippen LogP contribution in [0.3, 0.4) is 0 Å². The zero-order valence-electron chi connectivity index (χ0n) is 13.2. The second-order valence-corrected chi connectivity index (χ2v) is 5.79. The lowest BCUT2D eigenvalue weighted by Gasteiger charge is -2.23. The molecule has 126 valence electrons. The van der Waals surface area contributed by atoms with Crippen molar-refractivity contribution in [1.82, 2.24) is 0 Å². The van der Waals surface area contributed by atoms with Gasteiger partial charge in [0, 0.05) is 11.9 Å². The normalized spacial score (nSPS) is 10.2. The van der Waals surface area contributed by atoms with E-state index in [2.05, 4.69) is 5.32 Å². The Kier molecular flexibility index (Phi) is 6.06. The SMILES string of the molecule is COc1ccc(Cl)cc1N(CC(=O)Nc1ccccc1Cl)C(C)=O. The first-order valence-corrected chi connectivity index (χ1v) is 7.84. The number of nitrogens with one attached hydrogen (secondary N) is 1. The fraction of sp³-hybridized carbons (Fsp3) is 0.176. The number of para-hydroxylation sites is 1. The zero-order valence-corrected chi connectivity index (χ0v) is 14.7. The molecule has 0 aliphatic carbocycles. The first-order valence-electron chi connectivity index (χ1n) is 7.08. The van der Waals surface area contributed by atoms with Crippen LogP contribution in [-0.4, -0.2) is 25.5 Å². The first kappa shape index (κ1) is 18.1. The maximum absolute atomic E-state index is 12.3. The van der Waals surface area contributed by atoms with E-state index in [1.54, 1.807) is 42.5 Å². The van der Waals surface area contributed by atoms with E-state index >= 15 is 0 Å². The van der Waals surface area contributed by atoms with Crippen LogP contribution in [0.25, 0.3) is 0 Å². The Balaban J connectivity index is 2.23. The zero-order chi connectivity index (χ0) is 17.7. The summed E-state index contributed by atoms with van der Waals surface area (Å²) < 4.78 is 5.25. The standard InChI is InChI=1S/C17H16Cl2N2O3/c1-11(22)21(15-9-12(18)7-8-16(15)24-2)10-17(23)20-14-6-4-3-5-13(14)19/h3-9H,10H2,1-2H3,(H,20,23). The van der Waals surface area contributed by atoms with Crippen molar-refractivity contribution in [2.45, 2.75) is 6.92 Å². The number of amides is 2. The van der Waals surface area contributed by atoms with Gasteiger partial charge in [-0.3, -0.25) is 14.5 Å². The molecule has 0 aromatic heterocycles. The summed E-state index contributed by atoms with van der Waals surface area (Å²) in [4.78, 5) is 25.6. The van der Waals surface area contributed by atoms with Crippen LogP contribution in [0, 0.1) is 0 Å². The van der Waals surface area contributed by atoms with E-state index in [0.717, 1.165) is 0 Å². The van der Waals surface area contributed by atoms with Crippen LogP contribution in [0.1, 0.15) is 6.92 Å². The quantitative estimate of drug-likeness (QED) is 0.869. The van der Waals surface area contributed by atoms with E-state index in [-0.39, 0.29) is 18.4 Å². The van der Waals surface area contributed by atoms with Gasteiger partial charge in [0.25, 0.3) is 0 Å². The maximum Gasteiger partial charge on any atom is 0.244 e. The lowest BCUT2D eigenvalue weighted by molar-refractivity contribution is -0.120. The summed E-state index contributed by atoms with van der Waals surface area (Å²) in [5, 5.41) is 3.53. The highest BCUT2D eigenvalue weighted by Gasteiger charge is 2.20. The summed E-state index contributed by atoms with van der Waals surface area (Å²) in [7, 11) is 1.48. The third-order valence-corrected chi connectivity index (χ3v) is 3.83. The minimum atomic E-state index is -0.389. The number of nitrogens with zero attached hydrogens (tertiary/aromatic N) is 1. The van der Waals surface area contributed by atoms with E-state index in [1.165, 1.54) is 18.9 Å². The Labute approximate surface area is 150 Å². The largest absolute Gasteiger partial charge is 0.495 e. The average Bonchev–Trinajstić information content (AvgIpc) is 2.54. The summed E-state index contributed by atoms with van der Waals surface area (Å²) in [5.41, 5.74) is 0.900. The molecule has 0 saturated carbocycles. The number of halogens is 2. The molecule has 0 radical (unpaired) electrons. The van der Waals surface area contributed by atoms with Gasteiger partial charge < -0.3 is 10.1 Å². The molecule has 2 aromatic carbocycles. The minimum absolute atomic E-state index is 0.197. The monoisotopic (exact) mass is 366 g/mol. The van der Waals surface area contributed by atoms with E-state index in [9.17, 15) is 9.59 Å². The number of anilines is 2. The number of methoxy groups -OCH3 is 1. The molecule has 0 atom stereocenters. The topological polar surface area (TPSA) is 58.6 Å². The Hall–Kier alpha value is -2.24. The van der Waals surface area contributed by atoms with Crippen LogP contribution in [0.2, 0.25) is 10.0 Å². The van der Waals surface area contributed by atoms with Crippen molar-refractivity contribution in [3.05, 3.63) is 52.5 Å². The van der Waals surface area contributed by atoms with Crippen molar-refractivity contribution in [2.24, 2.45) is 0 Å². The van der Waals surface area contributed by atoms with E-state index < -0.39 is 0 Å². The molecule has 0 unspecified atom stereocenters. The van der Waals surface area contributed by atoms with Crippen molar-refractivity contribution in [3.8, 4) is 5.75 Å². The van der Waals surface area contributed by atoms with Gasteiger partial charge in [-0.1, -0.05) is 35.3 Å². The number of hydrogen-bond donors (Lipinski definition) is 1. The van der Waals surface area contributed by atoms with E-state index in [0.29, 0.717) is 27.2 Å². The Morgan fingerprint density at radius 2 is 1.88 bits per heavy atom. The predicted molar refractivity (Wildman–Crippen MR) is 96.1 cm³/mol. The fourth-order valence-corrected chi connectivity index (χ4v) is 2.49. The molecule has 0 saturated heterocycles. The Morgan fingerprint density at radius 1 is 1.17 bits per heavy atom. The van der Waals surface area contributed by atoms with Crippen molar-refractivity contribution < 1.29 is 14.3 Å². The highest BCUT2D eigenvalue weighted by molar-refractivity contribution is 6.33. The van der Waals surface area contributed by atoms with Gasteiger partial charge in [-0.25, -0.2) is 0 Å². The minimum Gasteiger partial charge on any atom is -0.495 e. The molecule has 0 aliphatic heterocycles. The molecule has 2 amide bonds. The van der Waals surface area contributed by atoms with E-state index in [1.807, 2.05) is 0 Å². The number of hydrogen-bond acceptors (Lipinski definition) is 3. The summed E-state index contributed by atoms with van der Waals surface area (Å²) in [5.74, 6) is -0.259. The Morgan fingerprint density at radius 3 is 2.50 bits per heavy atom. The van der Waals surface area contributed by atoms with Crippen molar-refractivity contribution in [1.29, 1.82) is 0 Å². The van der Waals surface area contributed by atoms with Crippen LogP contribution in [0.4, 0.5) is 11.4 Å². The number of carbonyl (C=O) groups is 2. The van der Waals surface area contributed by atoms with Crippen molar-refractivity contribution in [2.75, 3.05) is 23.9 Å². The number of benzene rings is 2. The van der Waals surface area contributed by atoms with Crippen LogP contribution in [-0.2, 0) is 9.59 Å². The second-order valence-electron chi connectivity index (χ2n) is 4.95. The van der Waals surface area contributed by atoms with Gasteiger partial charge >= 0.3 is 0 Å². The number of carbonyl (C=O) groups excluding carboxylic acids is 2. The third kappa shape index (κ3) is 4.40. The number of ether oxygens (including phenoxy) is 1. The van der Waals surface area contributed by atoms with E-state index in [4.69, 9.17) is 27.9 Å². The smallest absolute Gasteiger partial charge is 0.244 e. The fourth-order valence-electron chi connectivity index (χ4n) is 2.14. The summed E-state index contributed by atoms with van der Waals surface area (Å²) in [6.45, 7) is 1.17. The highest BCUT2D eigenvalue weighted by atomic mass is 35.5. The van der Waals surface area contributed by atoms with Crippen molar-refractivity contribution in [3.63, 3.8) is 0 Å². The summed E-state index contributed by atoms with van der Waals surface area (Å²) in [6.07, 6.45) is 0. The van der Waals surface area contributed by atoms with Crippen molar-refractivity contribution >= 4 is 46.4 Å². The third-order valence-electron chi connectivity index (χ3n) is 3.26. The van der Waals surface area contributed by atoms with Crippen LogP contribution in [0.5, 0.6) is 5.75 Å². The molecule has 5 nitrogen and oxygen atoms in total. The van der Waals surface area contributed by atoms with Crippen LogP contribution < -0.4 is 15.0 Å². The van der Waals surface area contributed by atoms with Gasteiger partial charge in [-0.2, -0.15) is 0 Å². The lowest BCUT2D eigenvalue weighted by Crippen LogP contribution is -2.37. The maximum atomic E-state index is 12.3. The summed E-state index contributed by atoms with van der Waals surface area (Å²) >= 11 is 12.0. The molecular weight excluding hydrogens is 351 g/mol. The van der Waals surface area contributed by atoms with Gasteiger partial charge in [-0.05, 0) is 30.3 Å². The molecule has 0 spiro atoms. The van der Waals surface area contributed by atoms with Crippen LogP contribution >= 0.6 is 23.2 Å². The van der Waals surface area contributed by atoms with Gasteiger partial charge in [0.15, 0.2) is 0 Å². The molecule has 0 fully saturated rings. The Bertz CT molecular complexity index is 765. The highest BCUT2D eigenvalue weighted by Crippen LogP contribution is 2.31. The molecule has 7 heteroatoms. The second kappa shape index (κ2) is 8.04. The molecule has 0 heterocycles. The van der Waals surface area contributed by atoms with Gasteiger partial charge in [0.2, 0.25) is 11.8 Å². The van der Waals surface area contributed by atoms with Gasteiger partial charge in [0.05, 0.1) is 23.5 Å². The molecule has 24 heavy (non-hydrogen) atoms. The molecule has 1 N–H and O–H groups in total.